The van der Waals surface area contributed by atoms with Crippen LogP contribution in [0.1, 0.15) is 5.56 Å². The van der Waals surface area contributed by atoms with E-state index >= 15 is 0 Å². The molecule has 1 amide bonds. The topological polar surface area (TPSA) is 50.8 Å². The van der Waals surface area contributed by atoms with Gasteiger partial charge in [-0.1, -0.05) is 23.7 Å². The fourth-order valence-electron chi connectivity index (χ4n) is 2.54. The molecular weight excluding hydrogens is 360 g/mol. The highest BCUT2D eigenvalue weighted by Crippen LogP contribution is 2.33. The van der Waals surface area contributed by atoms with Gasteiger partial charge in [-0.05, 0) is 48.6 Å². The highest BCUT2D eigenvalue weighted by molar-refractivity contribution is 7.80. The Bertz CT molecular complexity index is 865. The molecule has 0 unspecified atom stereocenters. The van der Waals surface area contributed by atoms with Crippen molar-refractivity contribution in [3.05, 3.63) is 58.7 Å². The first-order valence-electron chi connectivity index (χ1n) is 7.39. The van der Waals surface area contributed by atoms with Gasteiger partial charge in [0.2, 0.25) is 0 Å². The zero-order chi connectivity index (χ0) is 18.0. The van der Waals surface area contributed by atoms with E-state index < -0.39 is 0 Å². The van der Waals surface area contributed by atoms with Gasteiger partial charge in [0.1, 0.15) is 5.70 Å². The molecule has 0 aliphatic carbocycles. The van der Waals surface area contributed by atoms with Crippen LogP contribution in [0.4, 0.5) is 5.69 Å². The quantitative estimate of drug-likeness (QED) is 0.654. The molecule has 7 heteroatoms. The smallest absolute Gasteiger partial charge is 0.281 e. The van der Waals surface area contributed by atoms with Crippen LogP contribution in [0.15, 0.2) is 48.2 Å². The summed E-state index contributed by atoms with van der Waals surface area (Å²) < 4.78 is 10.7. The molecule has 0 radical (unpaired) electrons. The first kappa shape index (κ1) is 17.3. The van der Waals surface area contributed by atoms with Crippen molar-refractivity contribution in [2.24, 2.45) is 0 Å². The van der Waals surface area contributed by atoms with Gasteiger partial charge >= 0.3 is 0 Å². The predicted octanol–water partition coefficient (Wildman–Crippen LogP) is 3.62. The Morgan fingerprint density at radius 2 is 1.84 bits per heavy atom. The summed E-state index contributed by atoms with van der Waals surface area (Å²) >= 11 is 11.2. The van der Waals surface area contributed by atoms with Crippen LogP contribution in [-0.2, 0) is 4.79 Å². The maximum atomic E-state index is 12.8. The van der Waals surface area contributed by atoms with Gasteiger partial charge in [-0.25, -0.2) is 0 Å². The van der Waals surface area contributed by atoms with E-state index in [0.717, 1.165) is 0 Å². The molecule has 0 spiro atoms. The molecule has 1 heterocycles. The summed E-state index contributed by atoms with van der Waals surface area (Å²) in [5.74, 6) is 0.875. The first-order chi connectivity index (χ1) is 12.0. The van der Waals surface area contributed by atoms with Crippen LogP contribution in [0.25, 0.3) is 6.08 Å². The largest absolute Gasteiger partial charge is 0.493 e. The van der Waals surface area contributed by atoms with Crippen molar-refractivity contribution in [3.8, 4) is 11.5 Å². The lowest BCUT2D eigenvalue weighted by Crippen LogP contribution is -2.30. The second kappa shape index (κ2) is 7.13. The van der Waals surface area contributed by atoms with Crippen LogP contribution >= 0.6 is 23.8 Å². The maximum absolute atomic E-state index is 12.8. The maximum Gasteiger partial charge on any atom is 0.281 e. The minimum absolute atomic E-state index is 0.253. The normalized spacial score (nSPS) is 15.5. The van der Waals surface area contributed by atoms with E-state index in [1.807, 2.05) is 12.1 Å². The number of halogens is 1. The van der Waals surface area contributed by atoms with Crippen LogP contribution in [0, 0.1) is 0 Å². The minimum Gasteiger partial charge on any atom is -0.493 e. The molecule has 128 valence electrons. The van der Waals surface area contributed by atoms with Gasteiger partial charge in [-0.15, -0.1) is 0 Å². The van der Waals surface area contributed by atoms with Gasteiger partial charge in [0.15, 0.2) is 16.6 Å². The number of methoxy groups -OCH3 is 2. The van der Waals surface area contributed by atoms with E-state index in [0.29, 0.717) is 38.6 Å². The van der Waals surface area contributed by atoms with Crippen molar-refractivity contribution >= 4 is 46.6 Å². The molecule has 1 aliphatic heterocycles. The fourth-order valence-corrected chi connectivity index (χ4v) is 2.97. The first-order valence-corrected chi connectivity index (χ1v) is 8.17. The zero-order valence-electron chi connectivity index (χ0n) is 13.6. The monoisotopic (exact) mass is 374 g/mol. The van der Waals surface area contributed by atoms with Gasteiger partial charge in [0.25, 0.3) is 5.91 Å². The molecule has 2 aromatic rings. The summed E-state index contributed by atoms with van der Waals surface area (Å²) in [6.45, 7) is 0. The number of ether oxygens (including phenoxy) is 2. The van der Waals surface area contributed by atoms with E-state index in [-0.39, 0.29) is 5.91 Å². The van der Waals surface area contributed by atoms with Gasteiger partial charge in [-0.3, -0.25) is 9.69 Å². The molecule has 0 atom stereocenters. The number of benzene rings is 2. The van der Waals surface area contributed by atoms with E-state index in [9.17, 15) is 4.79 Å². The summed E-state index contributed by atoms with van der Waals surface area (Å²) in [6.07, 6.45) is 1.69. The average molecular weight is 375 g/mol. The number of amides is 1. The summed E-state index contributed by atoms with van der Waals surface area (Å²) in [4.78, 5) is 14.2. The lowest BCUT2D eigenvalue weighted by Gasteiger charge is -2.13. The van der Waals surface area contributed by atoms with Crippen molar-refractivity contribution in [1.29, 1.82) is 0 Å². The molecule has 25 heavy (non-hydrogen) atoms. The van der Waals surface area contributed by atoms with Crippen molar-refractivity contribution in [2.75, 3.05) is 19.1 Å². The van der Waals surface area contributed by atoms with Crippen molar-refractivity contribution < 1.29 is 14.3 Å². The third-order valence-corrected chi connectivity index (χ3v) is 4.23. The number of carbonyl (C=O) groups is 1. The Morgan fingerprint density at radius 3 is 2.48 bits per heavy atom. The molecule has 1 aliphatic rings. The molecule has 1 N–H and O–H groups in total. The molecule has 1 fully saturated rings. The summed E-state index contributed by atoms with van der Waals surface area (Å²) in [5, 5.41) is 3.84. The van der Waals surface area contributed by atoms with Crippen LogP contribution in [0.3, 0.4) is 0 Å². The van der Waals surface area contributed by atoms with Gasteiger partial charge in [0.05, 0.1) is 19.9 Å². The third kappa shape index (κ3) is 3.31. The van der Waals surface area contributed by atoms with E-state index in [1.165, 1.54) is 4.90 Å². The Morgan fingerprint density at radius 1 is 1.12 bits per heavy atom. The molecule has 5 nitrogen and oxygen atoms in total. The highest BCUT2D eigenvalue weighted by Gasteiger charge is 2.32. The van der Waals surface area contributed by atoms with Crippen LogP contribution in [0.2, 0.25) is 5.02 Å². The molecule has 3 rings (SSSR count). The van der Waals surface area contributed by atoms with Crippen molar-refractivity contribution in [3.63, 3.8) is 0 Å². The number of rotatable bonds is 4. The lowest BCUT2D eigenvalue weighted by atomic mass is 10.1. The molecule has 0 bridgehead atoms. The third-order valence-electron chi connectivity index (χ3n) is 3.70. The second-order valence-electron chi connectivity index (χ2n) is 5.19. The zero-order valence-corrected chi connectivity index (χ0v) is 15.1. The van der Waals surface area contributed by atoms with E-state index in [4.69, 9.17) is 33.3 Å². The number of nitrogens with one attached hydrogen (secondary N) is 1. The molecule has 0 aromatic heterocycles. The Hall–Kier alpha value is -2.57. The minimum atomic E-state index is -0.253. The van der Waals surface area contributed by atoms with E-state index in [1.54, 1.807) is 50.6 Å². The number of anilines is 1. The number of hydrogen-bond acceptors (Lipinski definition) is 4. The highest BCUT2D eigenvalue weighted by atomic mass is 35.5. The van der Waals surface area contributed by atoms with Crippen molar-refractivity contribution in [2.45, 2.75) is 0 Å². The Balaban J connectivity index is 1.97. The summed E-state index contributed by atoms with van der Waals surface area (Å²) in [7, 11) is 3.11. The molecule has 0 saturated carbocycles. The van der Waals surface area contributed by atoms with Gasteiger partial charge in [-0.2, -0.15) is 0 Å². The second-order valence-corrected chi connectivity index (χ2v) is 6.01. The molecular formula is C18H15ClN2O3S. The number of para-hydroxylation sites is 1. The number of carbonyl (C=O) groups excluding carboxylic acids is 1. The van der Waals surface area contributed by atoms with Crippen molar-refractivity contribution in [1.82, 2.24) is 5.32 Å². The SMILES string of the molecule is COc1cccc(/C=C2\NC(=S)N(c3ccc(Cl)cc3)C2=O)c1OC. The number of nitrogens with zero attached hydrogens (tertiary/aromatic N) is 1. The molecule has 1 saturated heterocycles. The Kier molecular flexibility index (Phi) is 4.92. The van der Waals surface area contributed by atoms with Crippen LogP contribution < -0.4 is 19.7 Å². The molecule has 2 aromatic carbocycles. The standard InChI is InChI=1S/C18H15ClN2O3S/c1-23-15-5-3-4-11(16(15)24-2)10-14-17(22)21(18(25)20-14)13-8-6-12(19)7-9-13/h3-10H,1-2H3,(H,20,25)/b14-10-. The van der Waals surface area contributed by atoms with E-state index in [2.05, 4.69) is 5.32 Å². The average Bonchev–Trinajstić information content (AvgIpc) is 2.89. The predicted molar refractivity (Wildman–Crippen MR) is 102 cm³/mol. The number of hydrogen-bond donors (Lipinski definition) is 1. The van der Waals surface area contributed by atoms with Gasteiger partial charge in [0, 0.05) is 10.6 Å². The Labute approximate surface area is 155 Å². The van der Waals surface area contributed by atoms with Gasteiger partial charge < -0.3 is 14.8 Å². The summed E-state index contributed by atoms with van der Waals surface area (Å²) in [5.41, 5.74) is 1.71. The van der Waals surface area contributed by atoms with Crippen LogP contribution in [-0.4, -0.2) is 25.2 Å². The van der Waals surface area contributed by atoms with Crippen LogP contribution in [0.5, 0.6) is 11.5 Å². The lowest BCUT2D eigenvalue weighted by molar-refractivity contribution is -0.113. The fraction of sp³-hybridized carbons (Fsp3) is 0.111. The number of thiocarbonyl (C=S) groups is 1. The summed E-state index contributed by atoms with van der Waals surface area (Å²) in [6, 6.07) is 12.3.